The number of nitrogens with two attached hydrogens (primary N) is 1. The summed E-state index contributed by atoms with van der Waals surface area (Å²) in [4.78, 5) is 42.1. The number of carbonyl (C=O) groups excluding carboxylic acids is 3. The minimum Gasteiger partial charge on any atom is -0.443 e. The summed E-state index contributed by atoms with van der Waals surface area (Å²) in [5.74, 6) is -1.12. The highest BCUT2D eigenvalue weighted by Crippen LogP contribution is 2.23. The maximum Gasteiger partial charge on any atom is 0.573 e. The molecular weight excluding hydrogens is 663 g/mol. The minimum absolute atomic E-state index is 0.0144. The second kappa shape index (κ2) is 18.9. The van der Waals surface area contributed by atoms with Crippen molar-refractivity contribution in [3.63, 3.8) is 0 Å². The third-order valence-electron chi connectivity index (χ3n) is 7.70. The molecule has 51 heavy (non-hydrogen) atoms. The van der Waals surface area contributed by atoms with Gasteiger partial charge in [-0.2, -0.15) is 4.99 Å². The quantitative estimate of drug-likeness (QED) is 0.0881. The molecule has 0 radical (unpaired) electrons. The molecule has 0 aliphatic heterocycles. The number of amides is 3. The first-order chi connectivity index (χ1) is 24.4. The molecule has 10 nitrogen and oxygen atoms in total. The highest BCUT2D eigenvalue weighted by atomic mass is 19.4. The zero-order valence-corrected chi connectivity index (χ0v) is 28.0. The molecule has 0 fully saturated rings. The van der Waals surface area contributed by atoms with Crippen molar-refractivity contribution in [2.75, 3.05) is 6.54 Å². The summed E-state index contributed by atoms with van der Waals surface area (Å²) in [7, 11) is 0. The lowest BCUT2D eigenvalue weighted by Gasteiger charge is -2.21. The smallest absolute Gasteiger partial charge is 0.443 e. The maximum absolute atomic E-state index is 13.3. The van der Waals surface area contributed by atoms with Gasteiger partial charge in [0.25, 0.3) is 0 Å². The van der Waals surface area contributed by atoms with Gasteiger partial charge in [0.1, 0.15) is 24.2 Å². The first-order valence-corrected chi connectivity index (χ1v) is 16.3. The molecule has 4 aromatic carbocycles. The molecule has 0 aliphatic carbocycles. The van der Waals surface area contributed by atoms with Gasteiger partial charge in [-0.3, -0.25) is 9.59 Å². The van der Waals surface area contributed by atoms with Gasteiger partial charge in [-0.05, 0) is 67.1 Å². The second-order valence-electron chi connectivity index (χ2n) is 11.7. The van der Waals surface area contributed by atoms with Crippen LogP contribution in [0.5, 0.6) is 5.75 Å². The number of rotatable bonds is 16. The number of carbonyl (C=O) groups is 3. The monoisotopic (exact) mass is 703 g/mol. The molecule has 0 aliphatic rings. The van der Waals surface area contributed by atoms with Gasteiger partial charge < -0.3 is 31.2 Å². The Kier molecular flexibility index (Phi) is 14.1. The number of halogens is 3. The van der Waals surface area contributed by atoms with E-state index in [1.165, 1.54) is 18.2 Å². The number of alkyl halides is 3. The lowest BCUT2D eigenvalue weighted by atomic mass is 10.0. The van der Waals surface area contributed by atoms with Crippen LogP contribution in [0.15, 0.2) is 114 Å². The van der Waals surface area contributed by atoms with Crippen LogP contribution < -0.4 is 26.4 Å². The second-order valence-corrected chi connectivity index (χ2v) is 11.7. The number of aliphatic imine (C=N–C) groups is 1. The average Bonchev–Trinajstić information content (AvgIpc) is 3.11. The van der Waals surface area contributed by atoms with Gasteiger partial charge in [0, 0.05) is 12.1 Å². The molecule has 268 valence electrons. The van der Waals surface area contributed by atoms with Crippen LogP contribution in [-0.4, -0.2) is 48.7 Å². The van der Waals surface area contributed by atoms with Crippen molar-refractivity contribution in [1.82, 2.24) is 16.0 Å². The van der Waals surface area contributed by atoms with Crippen LogP contribution >= 0.6 is 0 Å². The van der Waals surface area contributed by atoms with E-state index in [4.69, 9.17) is 10.5 Å². The fourth-order valence-corrected chi connectivity index (χ4v) is 5.00. The summed E-state index contributed by atoms with van der Waals surface area (Å²) in [5, 5.41) is 8.76. The van der Waals surface area contributed by atoms with Crippen molar-refractivity contribution >= 4 is 23.7 Å². The van der Waals surface area contributed by atoms with Crippen LogP contribution in [0.3, 0.4) is 0 Å². The van der Waals surface area contributed by atoms with E-state index in [1.54, 1.807) is 37.3 Å². The number of aryl methyl sites for hydroxylation is 1. The van der Waals surface area contributed by atoms with Crippen LogP contribution in [-0.2, 0) is 40.3 Å². The Morgan fingerprint density at radius 3 is 2.10 bits per heavy atom. The van der Waals surface area contributed by atoms with Crippen molar-refractivity contribution in [2.24, 2.45) is 10.7 Å². The minimum atomic E-state index is -4.79. The van der Waals surface area contributed by atoms with Crippen LogP contribution in [0.2, 0.25) is 0 Å². The van der Waals surface area contributed by atoms with Crippen LogP contribution in [0.25, 0.3) is 0 Å². The summed E-state index contributed by atoms with van der Waals surface area (Å²) in [6, 6.07) is 29.7. The number of amidine groups is 1. The molecule has 0 unspecified atom stereocenters. The lowest BCUT2D eigenvalue weighted by molar-refractivity contribution is -0.274. The third kappa shape index (κ3) is 13.6. The SMILES string of the molecule is C[C@H](NC(=O)[C@@H](CCc1ccccc1)NCCc1cccc(OC(F)(F)F)c1)C(=O)NCc1ccc(C(N)=NC(=O)OCc2ccccc2)cc1. The Balaban J connectivity index is 1.27. The van der Waals surface area contributed by atoms with Gasteiger partial charge in [0.2, 0.25) is 11.8 Å². The zero-order chi connectivity index (χ0) is 36.6. The fourth-order valence-electron chi connectivity index (χ4n) is 5.00. The molecule has 5 N–H and O–H groups in total. The molecule has 4 rings (SSSR count). The van der Waals surface area contributed by atoms with Crippen molar-refractivity contribution < 1.29 is 37.0 Å². The highest BCUT2D eigenvalue weighted by molar-refractivity contribution is 6.02. The topological polar surface area (TPSA) is 144 Å². The molecule has 3 amide bonds. The number of nitrogens with zero attached hydrogens (tertiary/aromatic N) is 1. The molecule has 13 heteroatoms. The summed E-state index contributed by atoms with van der Waals surface area (Å²) >= 11 is 0. The van der Waals surface area contributed by atoms with E-state index in [-0.39, 0.29) is 30.6 Å². The predicted molar refractivity (Wildman–Crippen MR) is 187 cm³/mol. The maximum atomic E-state index is 13.3. The number of nitrogens with one attached hydrogen (secondary N) is 3. The van der Waals surface area contributed by atoms with E-state index in [9.17, 15) is 27.6 Å². The molecule has 0 aromatic heterocycles. The van der Waals surface area contributed by atoms with E-state index in [1.807, 2.05) is 60.7 Å². The van der Waals surface area contributed by atoms with Gasteiger partial charge in [-0.15, -0.1) is 13.2 Å². The standard InChI is InChI=1S/C38H40F3N5O5/c1-26(35(47)44-24-29-15-18-31(19-16-29)34(42)46-37(49)50-25-30-11-6-3-7-12-30)45-36(48)33(20-17-27-9-4-2-5-10-27)43-22-21-28-13-8-14-32(23-28)51-38(39,40)41/h2-16,18-19,23,26,33,43H,17,20-22,24-25H2,1H3,(H,44,47)(H,45,48)(H2,42,46,49)/t26-,33+/m0/s1. The van der Waals surface area contributed by atoms with E-state index in [0.717, 1.165) is 16.7 Å². The summed E-state index contributed by atoms with van der Waals surface area (Å²) in [5.41, 5.74) is 9.68. The lowest BCUT2D eigenvalue weighted by Crippen LogP contribution is -2.52. The van der Waals surface area contributed by atoms with Crippen molar-refractivity contribution in [1.29, 1.82) is 0 Å². The molecule has 0 saturated carbocycles. The van der Waals surface area contributed by atoms with Crippen LogP contribution in [0, 0.1) is 0 Å². The number of hydrogen-bond acceptors (Lipinski definition) is 6. The zero-order valence-electron chi connectivity index (χ0n) is 28.0. The predicted octanol–water partition coefficient (Wildman–Crippen LogP) is 5.58. The van der Waals surface area contributed by atoms with E-state index >= 15 is 0 Å². The summed E-state index contributed by atoms with van der Waals surface area (Å²) in [6.07, 6.45) is -4.26. The van der Waals surface area contributed by atoms with Gasteiger partial charge in [-0.25, -0.2) is 4.79 Å². The molecule has 0 heterocycles. The van der Waals surface area contributed by atoms with Crippen LogP contribution in [0.1, 0.15) is 41.2 Å². The Hall–Kier alpha value is -5.69. The van der Waals surface area contributed by atoms with Crippen molar-refractivity contribution in [3.8, 4) is 5.75 Å². The molecule has 0 saturated heterocycles. The Bertz CT molecular complexity index is 1750. The molecule has 0 bridgehead atoms. The third-order valence-corrected chi connectivity index (χ3v) is 7.70. The van der Waals surface area contributed by atoms with Gasteiger partial charge >= 0.3 is 12.5 Å². The molecule has 2 atom stereocenters. The van der Waals surface area contributed by atoms with E-state index < -0.39 is 30.4 Å². The Labute approximate surface area is 294 Å². The number of ether oxygens (including phenoxy) is 2. The molecule has 4 aromatic rings. The Morgan fingerprint density at radius 1 is 0.784 bits per heavy atom. The van der Waals surface area contributed by atoms with Gasteiger partial charge in [-0.1, -0.05) is 97.1 Å². The Morgan fingerprint density at radius 2 is 1.43 bits per heavy atom. The first kappa shape index (κ1) is 38.1. The van der Waals surface area contributed by atoms with Gasteiger partial charge in [0.15, 0.2) is 0 Å². The van der Waals surface area contributed by atoms with Crippen molar-refractivity contribution in [2.45, 2.75) is 57.8 Å². The van der Waals surface area contributed by atoms with Crippen LogP contribution in [0.4, 0.5) is 18.0 Å². The fraction of sp³-hybridized carbons (Fsp3) is 0.263. The van der Waals surface area contributed by atoms with E-state index in [0.29, 0.717) is 36.9 Å². The largest absolute Gasteiger partial charge is 0.573 e. The normalized spacial score (nSPS) is 12.7. The number of hydrogen-bond donors (Lipinski definition) is 4. The van der Waals surface area contributed by atoms with Gasteiger partial charge in [0.05, 0.1) is 6.04 Å². The molecular formula is C38H40F3N5O5. The first-order valence-electron chi connectivity index (χ1n) is 16.3. The summed E-state index contributed by atoms with van der Waals surface area (Å²) in [6.45, 7) is 2.11. The van der Waals surface area contributed by atoms with E-state index in [2.05, 4.69) is 25.7 Å². The number of benzene rings is 4. The highest BCUT2D eigenvalue weighted by Gasteiger charge is 2.31. The summed E-state index contributed by atoms with van der Waals surface area (Å²) < 4.78 is 47.1. The average molecular weight is 704 g/mol. The van der Waals surface area contributed by atoms with Crippen molar-refractivity contribution in [3.05, 3.63) is 137 Å². The molecule has 0 spiro atoms.